The molecule has 0 aliphatic heterocycles. The highest BCUT2D eigenvalue weighted by atomic mass is 79.9. The van der Waals surface area contributed by atoms with Gasteiger partial charge in [0.2, 0.25) is 5.91 Å². The van der Waals surface area contributed by atoms with Crippen LogP contribution in [0.25, 0.3) is 0 Å². The van der Waals surface area contributed by atoms with Crippen molar-refractivity contribution >= 4 is 39.3 Å². The molecule has 0 bridgehead atoms. The number of carbonyl (C=O) groups is 1. The van der Waals surface area contributed by atoms with E-state index in [-0.39, 0.29) is 18.3 Å². The van der Waals surface area contributed by atoms with E-state index in [0.29, 0.717) is 28.3 Å². The maximum Gasteiger partial charge on any atom is 0.277 e. The lowest BCUT2D eigenvalue weighted by Gasteiger charge is -2.08. The second kappa shape index (κ2) is 9.43. The maximum absolute atomic E-state index is 12.0. The molecule has 1 N–H and O–H groups in total. The number of benzene rings is 2. The summed E-state index contributed by atoms with van der Waals surface area (Å²) in [6.07, 6.45) is 0. The van der Waals surface area contributed by atoms with Crippen molar-refractivity contribution in [3.8, 4) is 11.5 Å². The number of nitrogens with one attached hydrogen (secondary N) is 1. The third-order valence-electron chi connectivity index (χ3n) is 3.34. The Kier molecular flexibility index (Phi) is 6.72. The van der Waals surface area contributed by atoms with E-state index >= 15 is 0 Å². The predicted molar refractivity (Wildman–Crippen MR) is 105 cm³/mol. The molecule has 3 rings (SSSR count). The largest absolute Gasteiger partial charge is 0.493 e. The zero-order valence-corrected chi connectivity index (χ0v) is 16.7. The Morgan fingerprint density at radius 2 is 1.89 bits per heavy atom. The molecule has 7 nitrogen and oxygen atoms in total. The zero-order chi connectivity index (χ0) is 19.1. The molecule has 0 aliphatic carbocycles. The van der Waals surface area contributed by atoms with Gasteiger partial charge >= 0.3 is 0 Å². The van der Waals surface area contributed by atoms with Gasteiger partial charge in [-0.25, -0.2) is 0 Å². The quantitative estimate of drug-likeness (QED) is 0.516. The Bertz CT molecular complexity index is 919. The number of aromatic nitrogens is 2. The molecule has 0 spiro atoms. The lowest BCUT2D eigenvalue weighted by Crippen LogP contribution is -2.14. The number of ether oxygens (including phenoxy) is 2. The number of para-hydroxylation sites is 3. The summed E-state index contributed by atoms with van der Waals surface area (Å²) in [5.41, 5.74) is 0.708. The van der Waals surface area contributed by atoms with Gasteiger partial charge in [-0.05, 0) is 40.2 Å². The average Bonchev–Trinajstić information content (AvgIpc) is 3.15. The molecule has 0 radical (unpaired) electrons. The Labute approximate surface area is 168 Å². The molecule has 140 valence electrons. The van der Waals surface area contributed by atoms with E-state index in [2.05, 4.69) is 31.4 Å². The van der Waals surface area contributed by atoms with Crippen LogP contribution >= 0.6 is 27.7 Å². The zero-order valence-electron chi connectivity index (χ0n) is 14.3. The molecule has 9 heteroatoms. The molecule has 0 unspecified atom stereocenters. The van der Waals surface area contributed by atoms with Gasteiger partial charge in [-0.2, -0.15) is 0 Å². The summed E-state index contributed by atoms with van der Waals surface area (Å²) in [5.74, 6) is 1.50. The maximum atomic E-state index is 12.0. The van der Waals surface area contributed by atoms with Crippen LogP contribution in [0.1, 0.15) is 5.89 Å². The number of thioether (sulfide) groups is 1. The number of amides is 1. The Morgan fingerprint density at radius 3 is 2.67 bits per heavy atom. The van der Waals surface area contributed by atoms with Crippen LogP contribution in [0.2, 0.25) is 0 Å². The van der Waals surface area contributed by atoms with E-state index in [1.165, 1.54) is 0 Å². The highest BCUT2D eigenvalue weighted by Gasteiger charge is 2.12. The number of anilines is 1. The number of nitrogens with zero attached hydrogens (tertiary/aromatic N) is 2. The first-order valence-electron chi connectivity index (χ1n) is 7.91. The molecule has 27 heavy (non-hydrogen) atoms. The number of rotatable bonds is 8. The minimum atomic E-state index is -0.170. The number of methoxy groups -OCH3 is 1. The summed E-state index contributed by atoms with van der Waals surface area (Å²) < 4.78 is 17.2. The highest BCUT2D eigenvalue weighted by Crippen LogP contribution is 2.27. The van der Waals surface area contributed by atoms with Gasteiger partial charge in [0.1, 0.15) is 0 Å². The fourth-order valence-corrected chi connectivity index (χ4v) is 3.07. The summed E-state index contributed by atoms with van der Waals surface area (Å²) in [4.78, 5) is 12.0. The number of hydrogen-bond donors (Lipinski definition) is 1. The monoisotopic (exact) mass is 449 g/mol. The van der Waals surface area contributed by atoms with Crippen molar-refractivity contribution in [2.75, 3.05) is 18.2 Å². The molecular formula is C18H16BrN3O4S. The highest BCUT2D eigenvalue weighted by molar-refractivity contribution is 9.10. The molecule has 1 amide bonds. The van der Waals surface area contributed by atoms with Gasteiger partial charge in [0, 0.05) is 4.47 Å². The van der Waals surface area contributed by atoms with Gasteiger partial charge in [-0.1, -0.05) is 36.0 Å². The minimum absolute atomic E-state index is 0.108. The van der Waals surface area contributed by atoms with Crippen molar-refractivity contribution in [1.82, 2.24) is 10.2 Å². The van der Waals surface area contributed by atoms with E-state index in [4.69, 9.17) is 13.9 Å². The molecule has 0 atom stereocenters. The lowest BCUT2D eigenvalue weighted by atomic mass is 10.3. The van der Waals surface area contributed by atoms with Crippen LogP contribution in [0.3, 0.4) is 0 Å². The summed E-state index contributed by atoms with van der Waals surface area (Å²) in [6.45, 7) is 0.108. The molecule has 0 saturated heterocycles. The minimum Gasteiger partial charge on any atom is -0.493 e. The molecule has 0 fully saturated rings. The first kappa shape index (κ1) is 19.2. The van der Waals surface area contributed by atoms with Gasteiger partial charge in [0.05, 0.1) is 18.6 Å². The standard InChI is InChI=1S/C18H16BrN3O4S/c1-24-14-8-4-5-9-15(14)25-10-17-21-22-18(26-17)27-11-16(23)20-13-7-3-2-6-12(13)19/h2-9H,10-11H2,1H3,(H,20,23). The van der Waals surface area contributed by atoms with Gasteiger partial charge in [-0.3, -0.25) is 4.79 Å². The molecule has 0 aliphatic rings. The number of carbonyl (C=O) groups excluding carboxylic acids is 1. The third kappa shape index (κ3) is 5.48. The summed E-state index contributed by atoms with van der Waals surface area (Å²) in [7, 11) is 1.57. The fourth-order valence-electron chi connectivity index (χ4n) is 2.11. The normalized spacial score (nSPS) is 10.4. The van der Waals surface area contributed by atoms with E-state index in [9.17, 15) is 4.79 Å². The lowest BCUT2D eigenvalue weighted by molar-refractivity contribution is -0.113. The molecule has 3 aromatic rings. The van der Waals surface area contributed by atoms with E-state index in [0.717, 1.165) is 16.2 Å². The van der Waals surface area contributed by atoms with Crippen LogP contribution in [0.5, 0.6) is 11.5 Å². The van der Waals surface area contributed by atoms with Crippen molar-refractivity contribution in [1.29, 1.82) is 0 Å². The Balaban J connectivity index is 1.49. The topological polar surface area (TPSA) is 86.5 Å². The van der Waals surface area contributed by atoms with Crippen LogP contribution in [-0.4, -0.2) is 29.0 Å². The van der Waals surface area contributed by atoms with Crippen LogP contribution < -0.4 is 14.8 Å². The molecular weight excluding hydrogens is 434 g/mol. The van der Waals surface area contributed by atoms with Crippen LogP contribution in [0.15, 0.2) is 62.6 Å². The average molecular weight is 450 g/mol. The first-order chi connectivity index (χ1) is 13.2. The van der Waals surface area contributed by atoms with Crippen molar-refractivity contribution in [3.63, 3.8) is 0 Å². The van der Waals surface area contributed by atoms with Crippen LogP contribution in [0, 0.1) is 0 Å². The first-order valence-corrected chi connectivity index (χ1v) is 9.69. The van der Waals surface area contributed by atoms with Gasteiger partial charge in [-0.15, -0.1) is 10.2 Å². The van der Waals surface area contributed by atoms with Gasteiger partial charge in [0.25, 0.3) is 11.1 Å². The van der Waals surface area contributed by atoms with E-state index in [1.807, 2.05) is 36.4 Å². The Hall–Kier alpha value is -2.52. The van der Waals surface area contributed by atoms with Crippen molar-refractivity contribution in [2.45, 2.75) is 11.8 Å². The Morgan fingerprint density at radius 1 is 1.15 bits per heavy atom. The van der Waals surface area contributed by atoms with Crippen LogP contribution in [-0.2, 0) is 11.4 Å². The SMILES string of the molecule is COc1ccccc1OCc1nnc(SCC(=O)Nc2ccccc2Br)o1. The summed E-state index contributed by atoms with van der Waals surface area (Å²) in [5, 5.41) is 10.9. The summed E-state index contributed by atoms with van der Waals surface area (Å²) >= 11 is 4.54. The van der Waals surface area contributed by atoms with Crippen LogP contribution in [0.4, 0.5) is 5.69 Å². The smallest absolute Gasteiger partial charge is 0.277 e. The van der Waals surface area contributed by atoms with E-state index < -0.39 is 0 Å². The number of hydrogen-bond acceptors (Lipinski definition) is 7. The van der Waals surface area contributed by atoms with Gasteiger partial charge < -0.3 is 19.2 Å². The van der Waals surface area contributed by atoms with Crippen molar-refractivity contribution < 1.29 is 18.7 Å². The van der Waals surface area contributed by atoms with Gasteiger partial charge in [0.15, 0.2) is 18.1 Å². The molecule has 1 heterocycles. The fraction of sp³-hybridized carbons (Fsp3) is 0.167. The molecule has 2 aromatic carbocycles. The van der Waals surface area contributed by atoms with Crippen molar-refractivity contribution in [3.05, 3.63) is 58.9 Å². The second-order valence-electron chi connectivity index (χ2n) is 5.22. The van der Waals surface area contributed by atoms with E-state index in [1.54, 1.807) is 19.2 Å². The van der Waals surface area contributed by atoms with Crippen molar-refractivity contribution in [2.24, 2.45) is 0 Å². The number of halogens is 1. The predicted octanol–water partition coefficient (Wildman–Crippen LogP) is 4.15. The summed E-state index contributed by atoms with van der Waals surface area (Å²) in [6, 6.07) is 14.7. The second-order valence-corrected chi connectivity index (χ2v) is 7.00. The molecule has 0 saturated carbocycles. The molecule has 1 aromatic heterocycles. The third-order valence-corrected chi connectivity index (χ3v) is 4.85.